The van der Waals surface area contributed by atoms with Gasteiger partial charge in [0.05, 0.1) is 11.9 Å². The van der Waals surface area contributed by atoms with E-state index in [1.165, 1.54) is 16.8 Å². The summed E-state index contributed by atoms with van der Waals surface area (Å²) in [5, 5.41) is 1.86. The van der Waals surface area contributed by atoms with Crippen molar-refractivity contribution in [1.82, 2.24) is 9.55 Å². The second-order valence-corrected chi connectivity index (χ2v) is 11.3. The van der Waals surface area contributed by atoms with Crippen molar-refractivity contribution in [2.24, 2.45) is 0 Å². The maximum Gasteiger partial charge on any atom is 0.332 e. The molecule has 0 atom stereocenters. The number of H-pyrrole nitrogens is 1. The van der Waals surface area contributed by atoms with Crippen LogP contribution in [0.4, 0.5) is 5.69 Å². The second-order valence-electron chi connectivity index (χ2n) is 9.55. The molecule has 8 heteroatoms. The Hall–Kier alpha value is -3.65. The Labute approximate surface area is 198 Å². The van der Waals surface area contributed by atoms with Crippen LogP contribution in [0.2, 0.25) is 0 Å². The minimum Gasteiger partial charge on any atom is -0.284 e. The van der Waals surface area contributed by atoms with Crippen molar-refractivity contribution in [3.05, 3.63) is 92.8 Å². The first-order chi connectivity index (χ1) is 15.8. The van der Waals surface area contributed by atoms with E-state index < -0.39 is 21.3 Å². The predicted octanol–water partition coefficient (Wildman–Crippen LogP) is 4.32. The van der Waals surface area contributed by atoms with Crippen LogP contribution in [0, 0.1) is 6.92 Å². The Balaban J connectivity index is 1.91. The molecule has 0 bridgehead atoms. The highest BCUT2D eigenvalue weighted by molar-refractivity contribution is 7.92. The summed E-state index contributed by atoms with van der Waals surface area (Å²) in [6.45, 7) is 8.43. The van der Waals surface area contributed by atoms with E-state index in [1.807, 2.05) is 36.4 Å². The van der Waals surface area contributed by atoms with Crippen LogP contribution in [-0.2, 0) is 15.4 Å². The van der Waals surface area contributed by atoms with Crippen molar-refractivity contribution >= 4 is 26.5 Å². The molecule has 4 aromatic rings. The minimum absolute atomic E-state index is 0.177. The average molecular weight is 478 g/mol. The molecule has 0 saturated heterocycles. The topological polar surface area (TPSA) is 101 Å². The van der Waals surface area contributed by atoms with Crippen LogP contribution in [0.25, 0.3) is 27.6 Å². The van der Waals surface area contributed by atoms with Crippen LogP contribution in [0.15, 0.2) is 70.4 Å². The van der Waals surface area contributed by atoms with Crippen molar-refractivity contribution in [3.63, 3.8) is 0 Å². The van der Waals surface area contributed by atoms with Gasteiger partial charge in [-0.15, -0.1) is 0 Å². The van der Waals surface area contributed by atoms with Crippen LogP contribution in [0.5, 0.6) is 0 Å². The van der Waals surface area contributed by atoms with Gasteiger partial charge in [0.25, 0.3) is 5.56 Å². The monoisotopic (exact) mass is 477 g/mol. The lowest BCUT2D eigenvalue weighted by atomic mass is 9.81. The van der Waals surface area contributed by atoms with Crippen molar-refractivity contribution < 1.29 is 8.42 Å². The highest BCUT2D eigenvalue weighted by Crippen LogP contribution is 2.36. The lowest BCUT2D eigenvalue weighted by Crippen LogP contribution is -2.28. The number of rotatable bonds is 4. The zero-order valence-corrected chi connectivity index (χ0v) is 20.6. The molecule has 0 unspecified atom stereocenters. The van der Waals surface area contributed by atoms with Crippen molar-refractivity contribution in [2.45, 2.75) is 33.1 Å². The summed E-state index contributed by atoms with van der Waals surface area (Å²) in [7, 11) is -3.36. The fraction of sp³-hybridized carbons (Fsp3) is 0.231. The first kappa shape index (κ1) is 23.5. The van der Waals surface area contributed by atoms with Crippen LogP contribution in [0.3, 0.4) is 0 Å². The molecular weight excluding hydrogens is 450 g/mol. The maximum atomic E-state index is 12.5. The number of aromatic nitrogens is 2. The molecule has 0 aliphatic rings. The van der Waals surface area contributed by atoms with Gasteiger partial charge in [-0.25, -0.2) is 13.2 Å². The summed E-state index contributed by atoms with van der Waals surface area (Å²) in [4.78, 5) is 26.4. The van der Waals surface area contributed by atoms with Gasteiger partial charge in [-0.2, -0.15) is 0 Å². The van der Waals surface area contributed by atoms with E-state index in [4.69, 9.17) is 0 Å². The minimum atomic E-state index is -3.36. The quantitative estimate of drug-likeness (QED) is 0.457. The Bertz CT molecular complexity index is 1640. The number of anilines is 1. The zero-order valence-electron chi connectivity index (χ0n) is 19.8. The fourth-order valence-corrected chi connectivity index (χ4v) is 4.78. The number of fused-ring (bicyclic) bond motifs is 1. The lowest BCUT2D eigenvalue weighted by molar-refractivity contribution is 0.585. The third-order valence-electron chi connectivity index (χ3n) is 5.76. The highest BCUT2D eigenvalue weighted by Gasteiger charge is 2.21. The van der Waals surface area contributed by atoms with Gasteiger partial charge in [-0.3, -0.25) is 19.1 Å². The van der Waals surface area contributed by atoms with Crippen LogP contribution in [0.1, 0.15) is 31.9 Å². The maximum absolute atomic E-state index is 12.5. The lowest BCUT2D eigenvalue weighted by Gasteiger charge is -2.25. The third-order valence-corrected chi connectivity index (χ3v) is 6.36. The number of sulfonamides is 1. The first-order valence-electron chi connectivity index (χ1n) is 10.8. The zero-order chi connectivity index (χ0) is 24.8. The van der Waals surface area contributed by atoms with Crippen molar-refractivity contribution in [1.29, 1.82) is 0 Å². The molecule has 0 radical (unpaired) electrons. The summed E-state index contributed by atoms with van der Waals surface area (Å²) in [5.41, 5.74) is 4.20. The highest BCUT2D eigenvalue weighted by atomic mass is 32.2. The molecule has 1 heterocycles. The smallest absolute Gasteiger partial charge is 0.284 e. The fourth-order valence-electron chi connectivity index (χ4n) is 4.23. The van der Waals surface area contributed by atoms with E-state index in [0.717, 1.165) is 39.3 Å². The van der Waals surface area contributed by atoms with E-state index in [-0.39, 0.29) is 5.41 Å². The number of nitrogens with one attached hydrogen (secondary N) is 2. The molecule has 0 aliphatic heterocycles. The summed E-state index contributed by atoms with van der Waals surface area (Å²) >= 11 is 0. The van der Waals surface area contributed by atoms with Gasteiger partial charge in [0.1, 0.15) is 0 Å². The average Bonchev–Trinajstić information content (AvgIpc) is 2.72. The van der Waals surface area contributed by atoms with E-state index in [2.05, 4.69) is 37.4 Å². The molecule has 0 aliphatic carbocycles. The van der Waals surface area contributed by atoms with E-state index >= 15 is 0 Å². The molecule has 0 amide bonds. The second kappa shape index (κ2) is 8.29. The number of nitrogens with zero attached hydrogens (tertiary/aromatic N) is 1. The van der Waals surface area contributed by atoms with Crippen LogP contribution >= 0.6 is 0 Å². The number of hydrogen-bond acceptors (Lipinski definition) is 4. The third kappa shape index (κ3) is 4.82. The van der Waals surface area contributed by atoms with Gasteiger partial charge in [-0.1, -0.05) is 39.0 Å². The molecule has 0 spiro atoms. The van der Waals surface area contributed by atoms with Crippen LogP contribution in [-0.4, -0.2) is 24.2 Å². The summed E-state index contributed by atoms with van der Waals surface area (Å²) in [5.74, 6) is 0. The van der Waals surface area contributed by atoms with Gasteiger partial charge in [-0.05, 0) is 75.7 Å². The van der Waals surface area contributed by atoms with Gasteiger partial charge < -0.3 is 0 Å². The number of hydrogen-bond donors (Lipinski definition) is 2. The van der Waals surface area contributed by atoms with Crippen LogP contribution < -0.4 is 16.0 Å². The molecule has 4 rings (SSSR count). The molecule has 3 aromatic carbocycles. The van der Waals surface area contributed by atoms with Crippen molar-refractivity contribution in [3.8, 4) is 16.8 Å². The Morgan fingerprint density at radius 2 is 1.59 bits per heavy atom. The molecule has 7 nitrogen and oxygen atoms in total. The van der Waals surface area contributed by atoms with Crippen molar-refractivity contribution in [2.75, 3.05) is 11.0 Å². The number of benzene rings is 3. The summed E-state index contributed by atoms with van der Waals surface area (Å²) in [6.07, 6.45) is 2.61. The van der Waals surface area contributed by atoms with Gasteiger partial charge in [0.15, 0.2) is 0 Å². The predicted molar refractivity (Wildman–Crippen MR) is 138 cm³/mol. The normalized spacial score (nSPS) is 12.1. The number of aromatic amines is 1. The molecular formula is C26H27N3O4S. The SMILES string of the molecule is Cc1c(-c2ccc3cc(NS(C)(=O)=O)ccc3c2)cc(-n2ccc(=O)[nH]c2=O)cc1C(C)(C)C. The molecule has 1 aromatic heterocycles. The summed E-state index contributed by atoms with van der Waals surface area (Å²) in [6, 6.07) is 16.7. The van der Waals surface area contributed by atoms with Gasteiger partial charge in [0, 0.05) is 18.0 Å². The molecule has 2 N–H and O–H groups in total. The van der Waals surface area contributed by atoms with E-state index in [0.29, 0.717) is 11.4 Å². The molecule has 34 heavy (non-hydrogen) atoms. The van der Waals surface area contributed by atoms with E-state index in [1.54, 1.807) is 12.1 Å². The molecule has 0 saturated carbocycles. The van der Waals surface area contributed by atoms with E-state index in [9.17, 15) is 18.0 Å². The Morgan fingerprint density at radius 3 is 2.24 bits per heavy atom. The summed E-state index contributed by atoms with van der Waals surface area (Å²) < 4.78 is 27.1. The molecule has 0 fully saturated rings. The Kier molecular flexibility index (Phi) is 5.73. The molecule has 176 valence electrons. The van der Waals surface area contributed by atoms with Gasteiger partial charge >= 0.3 is 5.69 Å². The Morgan fingerprint density at radius 1 is 0.912 bits per heavy atom. The van der Waals surface area contributed by atoms with Gasteiger partial charge in [0.2, 0.25) is 10.0 Å². The standard InChI is InChI=1S/C26H27N3O4S/c1-16-22(19-7-6-18-13-20(28-34(5,32)33)9-8-17(18)12-19)14-21(15-23(16)26(2,3)4)29-11-10-24(30)27-25(29)31/h6-15,28H,1-5H3,(H,27,30,31). The first-order valence-corrected chi connectivity index (χ1v) is 12.7. The largest absolute Gasteiger partial charge is 0.332 e.